The standard InChI is InChI=1S/C13H15BrFN3O2/c1-3-19-7-13(2,16)12-17-11(20-18-12)8-4-9(14)6-10(15)5-8/h4-6H,3,7,16H2,1-2H3. The zero-order valence-corrected chi connectivity index (χ0v) is 12.8. The van der Waals surface area contributed by atoms with Crippen LogP contribution >= 0.6 is 15.9 Å². The fourth-order valence-corrected chi connectivity index (χ4v) is 2.09. The summed E-state index contributed by atoms with van der Waals surface area (Å²) in [6.07, 6.45) is 0. The molecule has 0 saturated carbocycles. The van der Waals surface area contributed by atoms with Crippen LogP contribution in [0.4, 0.5) is 4.39 Å². The molecule has 2 N–H and O–H groups in total. The molecule has 0 fully saturated rings. The highest BCUT2D eigenvalue weighted by atomic mass is 79.9. The zero-order chi connectivity index (χ0) is 14.8. The summed E-state index contributed by atoms with van der Waals surface area (Å²) in [5, 5.41) is 3.85. The molecule has 0 saturated heterocycles. The van der Waals surface area contributed by atoms with Crippen LogP contribution < -0.4 is 5.73 Å². The number of benzene rings is 1. The largest absolute Gasteiger partial charge is 0.379 e. The van der Waals surface area contributed by atoms with Crippen molar-refractivity contribution in [2.24, 2.45) is 5.73 Å². The Kier molecular flexibility index (Phi) is 4.52. The van der Waals surface area contributed by atoms with Gasteiger partial charge in [0.15, 0.2) is 5.82 Å². The molecule has 2 rings (SSSR count). The van der Waals surface area contributed by atoms with Gasteiger partial charge >= 0.3 is 0 Å². The van der Waals surface area contributed by atoms with Crippen molar-refractivity contribution in [2.75, 3.05) is 13.2 Å². The van der Waals surface area contributed by atoms with Gasteiger partial charge in [0.25, 0.3) is 5.89 Å². The lowest BCUT2D eigenvalue weighted by atomic mass is 10.1. The Morgan fingerprint density at radius 3 is 2.85 bits per heavy atom. The molecule has 1 aromatic heterocycles. The van der Waals surface area contributed by atoms with Crippen LogP contribution in [-0.4, -0.2) is 23.4 Å². The molecule has 1 aromatic carbocycles. The van der Waals surface area contributed by atoms with Gasteiger partial charge in [-0.2, -0.15) is 4.98 Å². The van der Waals surface area contributed by atoms with Gasteiger partial charge in [0, 0.05) is 16.6 Å². The average molecular weight is 344 g/mol. The van der Waals surface area contributed by atoms with Crippen molar-refractivity contribution in [2.45, 2.75) is 19.4 Å². The molecule has 108 valence electrons. The number of aromatic nitrogens is 2. The highest BCUT2D eigenvalue weighted by molar-refractivity contribution is 9.10. The highest BCUT2D eigenvalue weighted by Crippen LogP contribution is 2.25. The van der Waals surface area contributed by atoms with E-state index in [9.17, 15) is 4.39 Å². The van der Waals surface area contributed by atoms with Crippen LogP contribution in [0.15, 0.2) is 27.2 Å². The molecule has 0 aliphatic heterocycles. The molecule has 0 bridgehead atoms. The zero-order valence-electron chi connectivity index (χ0n) is 11.2. The van der Waals surface area contributed by atoms with Crippen molar-refractivity contribution < 1.29 is 13.7 Å². The number of hydrogen-bond donors (Lipinski definition) is 1. The summed E-state index contributed by atoms with van der Waals surface area (Å²) in [5.74, 6) is 0.147. The molecule has 1 unspecified atom stereocenters. The Labute approximate surface area is 124 Å². The van der Waals surface area contributed by atoms with Crippen molar-refractivity contribution in [3.8, 4) is 11.5 Å². The van der Waals surface area contributed by atoms with E-state index >= 15 is 0 Å². The van der Waals surface area contributed by atoms with E-state index in [1.165, 1.54) is 12.1 Å². The van der Waals surface area contributed by atoms with Crippen molar-refractivity contribution in [3.05, 3.63) is 34.3 Å². The van der Waals surface area contributed by atoms with Gasteiger partial charge < -0.3 is 15.0 Å². The second kappa shape index (κ2) is 5.99. The van der Waals surface area contributed by atoms with Crippen LogP contribution in [0.25, 0.3) is 11.5 Å². The molecule has 5 nitrogen and oxygen atoms in total. The fourth-order valence-electron chi connectivity index (χ4n) is 1.63. The predicted octanol–water partition coefficient (Wildman–Crippen LogP) is 2.85. The lowest BCUT2D eigenvalue weighted by molar-refractivity contribution is 0.0962. The maximum Gasteiger partial charge on any atom is 0.258 e. The first-order valence-corrected chi connectivity index (χ1v) is 6.89. The minimum absolute atomic E-state index is 0.216. The second-order valence-corrected chi connectivity index (χ2v) is 5.55. The minimum atomic E-state index is -0.859. The van der Waals surface area contributed by atoms with E-state index in [4.69, 9.17) is 15.0 Å². The highest BCUT2D eigenvalue weighted by Gasteiger charge is 2.28. The first-order valence-electron chi connectivity index (χ1n) is 6.09. The van der Waals surface area contributed by atoms with Crippen LogP contribution in [0, 0.1) is 5.82 Å². The Morgan fingerprint density at radius 2 is 2.20 bits per heavy atom. The molecule has 0 aliphatic rings. The second-order valence-electron chi connectivity index (χ2n) is 4.64. The first kappa shape index (κ1) is 15.1. The molecular weight excluding hydrogens is 329 g/mol. The molecule has 0 radical (unpaired) electrons. The van der Waals surface area contributed by atoms with Crippen LogP contribution in [0.2, 0.25) is 0 Å². The Bertz CT molecular complexity index is 581. The van der Waals surface area contributed by atoms with E-state index in [2.05, 4.69) is 26.1 Å². The van der Waals surface area contributed by atoms with Crippen molar-refractivity contribution >= 4 is 15.9 Å². The number of hydrogen-bond acceptors (Lipinski definition) is 5. The van der Waals surface area contributed by atoms with E-state index in [1.54, 1.807) is 13.0 Å². The van der Waals surface area contributed by atoms with Gasteiger partial charge in [-0.15, -0.1) is 0 Å². The fraction of sp³-hybridized carbons (Fsp3) is 0.385. The molecule has 2 aromatic rings. The third-order valence-corrected chi connectivity index (χ3v) is 3.11. The van der Waals surface area contributed by atoms with Crippen LogP contribution in [-0.2, 0) is 10.3 Å². The Hall–Kier alpha value is -1.31. The SMILES string of the molecule is CCOCC(C)(N)c1noc(-c2cc(F)cc(Br)c2)n1. The van der Waals surface area contributed by atoms with Crippen molar-refractivity contribution in [3.63, 3.8) is 0 Å². The number of halogens is 2. The molecule has 1 atom stereocenters. The summed E-state index contributed by atoms with van der Waals surface area (Å²) in [7, 11) is 0. The van der Waals surface area contributed by atoms with Gasteiger partial charge in [0.05, 0.1) is 6.61 Å². The van der Waals surface area contributed by atoms with Gasteiger partial charge in [-0.1, -0.05) is 21.1 Å². The topological polar surface area (TPSA) is 74.2 Å². The maximum absolute atomic E-state index is 13.4. The van der Waals surface area contributed by atoms with E-state index < -0.39 is 5.54 Å². The Balaban J connectivity index is 2.28. The molecule has 0 spiro atoms. The summed E-state index contributed by atoms with van der Waals surface area (Å²) >= 11 is 3.22. The number of ether oxygens (including phenoxy) is 1. The van der Waals surface area contributed by atoms with E-state index in [0.717, 1.165) is 0 Å². The summed E-state index contributed by atoms with van der Waals surface area (Å²) in [6.45, 7) is 4.45. The van der Waals surface area contributed by atoms with Crippen molar-refractivity contribution in [1.29, 1.82) is 0 Å². The van der Waals surface area contributed by atoms with Gasteiger partial charge in [0.2, 0.25) is 0 Å². The van der Waals surface area contributed by atoms with Gasteiger partial charge in [-0.05, 0) is 32.0 Å². The van der Waals surface area contributed by atoms with Crippen LogP contribution in [0.5, 0.6) is 0 Å². The van der Waals surface area contributed by atoms with E-state index in [0.29, 0.717) is 22.5 Å². The number of rotatable bonds is 5. The quantitative estimate of drug-likeness (QED) is 0.903. The van der Waals surface area contributed by atoms with Crippen molar-refractivity contribution in [1.82, 2.24) is 10.1 Å². The summed E-state index contributed by atoms with van der Waals surface area (Å²) in [6, 6.07) is 4.36. The van der Waals surface area contributed by atoms with Crippen LogP contribution in [0.3, 0.4) is 0 Å². The maximum atomic E-state index is 13.4. The summed E-state index contributed by atoms with van der Waals surface area (Å²) < 4.78 is 24.4. The van der Waals surface area contributed by atoms with E-state index in [-0.39, 0.29) is 18.3 Å². The van der Waals surface area contributed by atoms with Gasteiger partial charge in [-0.25, -0.2) is 4.39 Å². The third-order valence-electron chi connectivity index (χ3n) is 2.65. The Morgan fingerprint density at radius 1 is 1.45 bits per heavy atom. The predicted molar refractivity (Wildman–Crippen MR) is 75.4 cm³/mol. The molecule has 1 heterocycles. The monoisotopic (exact) mass is 343 g/mol. The third kappa shape index (κ3) is 3.41. The lowest BCUT2D eigenvalue weighted by Gasteiger charge is -2.19. The molecule has 0 amide bonds. The smallest absolute Gasteiger partial charge is 0.258 e. The summed E-state index contributed by atoms with van der Waals surface area (Å²) in [5.41, 5.74) is 5.71. The molecule has 0 aliphatic carbocycles. The first-order chi connectivity index (χ1) is 9.42. The minimum Gasteiger partial charge on any atom is -0.379 e. The van der Waals surface area contributed by atoms with Crippen LogP contribution in [0.1, 0.15) is 19.7 Å². The van der Waals surface area contributed by atoms with E-state index in [1.807, 2.05) is 6.92 Å². The van der Waals surface area contributed by atoms with Gasteiger partial charge in [-0.3, -0.25) is 0 Å². The number of nitrogens with two attached hydrogens (primary N) is 1. The lowest BCUT2D eigenvalue weighted by Crippen LogP contribution is -2.39. The molecule has 20 heavy (non-hydrogen) atoms. The molecule has 7 heteroatoms. The summed E-state index contributed by atoms with van der Waals surface area (Å²) in [4.78, 5) is 4.22. The molecular formula is C13H15BrFN3O2. The number of nitrogens with zero attached hydrogens (tertiary/aromatic N) is 2. The normalized spacial score (nSPS) is 14.2. The average Bonchev–Trinajstić information content (AvgIpc) is 2.85. The van der Waals surface area contributed by atoms with Gasteiger partial charge in [0.1, 0.15) is 11.4 Å².